The summed E-state index contributed by atoms with van der Waals surface area (Å²) in [4.78, 5) is 0. The van der Waals surface area contributed by atoms with Crippen LogP contribution < -0.4 is 15.2 Å². The number of para-hydroxylation sites is 1. The Labute approximate surface area is 124 Å². The van der Waals surface area contributed by atoms with E-state index in [4.69, 9.17) is 26.8 Å². The maximum atomic E-state index is 6.30. The van der Waals surface area contributed by atoms with Crippen LogP contribution in [0.15, 0.2) is 42.5 Å². The Bertz CT molecular complexity index is 586. The van der Waals surface area contributed by atoms with Crippen LogP contribution in [-0.2, 0) is 6.42 Å². The maximum Gasteiger partial charge on any atom is 0.123 e. The maximum absolute atomic E-state index is 6.30. The van der Waals surface area contributed by atoms with Crippen molar-refractivity contribution in [1.82, 2.24) is 0 Å². The number of hydrogen-bond acceptors (Lipinski definition) is 3. The number of methoxy groups -OCH3 is 2. The lowest BCUT2D eigenvalue weighted by atomic mass is 9.98. The molecule has 2 aromatic carbocycles. The van der Waals surface area contributed by atoms with Gasteiger partial charge in [0, 0.05) is 16.6 Å². The summed E-state index contributed by atoms with van der Waals surface area (Å²) in [6.07, 6.45) is 0.629. The van der Waals surface area contributed by atoms with Gasteiger partial charge in [0.25, 0.3) is 0 Å². The SMILES string of the molecule is COc1ccc(Cl)cc1CC(N)c1ccccc1OC. The number of hydrogen-bond donors (Lipinski definition) is 1. The standard InChI is InChI=1S/C16H18ClNO2/c1-19-15-8-7-12(17)9-11(15)10-14(18)13-5-3-4-6-16(13)20-2/h3-9,14H,10,18H2,1-2H3. The number of halogens is 1. The first-order valence-electron chi connectivity index (χ1n) is 6.36. The van der Waals surface area contributed by atoms with E-state index in [-0.39, 0.29) is 6.04 Å². The number of benzene rings is 2. The van der Waals surface area contributed by atoms with Crippen molar-refractivity contribution in [3.05, 3.63) is 58.6 Å². The highest BCUT2D eigenvalue weighted by Gasteiger charge is 2.14. The number of rotatable bonds is 5. The second-order valence-electron chi connectivity index (χ2n) is 4.51. The van der Waals surface area contributed by atoms with Gasteiger partial charge in [0.15, 0.2) is 0 Å². The van der Waals surface area contributed by atoms with Crippen molar-refractivity contribution in [3.8, 4) is 11.5 Å². The minimum Gasteiger partial charge on any atom is -0.496 e. The predicted molar refractivity (Wildman–Crippen MR) is 81.6 cm³/mol. The summed E-state index contributed by atoms with van der Waals surface area (Å²) in [7, 11) is 3.28. The zero-order valence-electron chi connectivity index (χ0n) is 11.6. The van der Waals surface area contributed by atoms with Crippen LogP contribution in [0.3, 0.4) is 0 Å². The van der Waals surface area contributed by atoms with E-state index < -0.39 is 0 Å². The van der Waals surface area contributed by atoms with Gasteiger partial charge in [-0.15, -0.1) is 0 Å². The molecule has 1 unspecified atom stereocenters. The topological polar surface area (TPSA) is 44.5 Å². The lowest BCUT2D eigenvalue weighted by Crippen LogP contribution is -2.15. The van der Waals surface area contributed by atoms with Gasteiger partial charge in [-0.1, -0.05) is 29.8 Å². The Kier molecular flexibility index (Phi) is 4.88. The average molecular weight is 292 g/mol. The molecular formula is C16H18ClNO2. The molecule has 0 aromatic heterocycles. The molecule has 2 N–H and O–H groups in total. The van der Waals surface area contributed by atoms with E-state index in [0.29, 0.717) is 11.4 Å². The Hall–Kier alpha value is -1.71. The molecule has 2 aromatic rings. The van der Waals surface area contributed by atoms with Crippen LogP contribution in [0.4, 0.5) is 0 Å². The van der Waals surface area contributed by atoms with Crippen LogP contribution in [0.5, 0.6) is 11.5 Å². The molecule has 0 fully saturated rings. The van der Waals surface area contributed by atoms with E-state index in [1.807, 2.05) is 36.4 Å². The van der Waals surface area contributed by atoms with Gasteiger partial charge in [0.05, 0.1) is 14.2 Å². The van der Waals surface area contributed by atoms with Gasteiger partial charge >= 0.3 is 0 Å². The molecule has 20 heavy (non-hydrogen) atoms. The third-order valence-corrected chi connectivity index (χ3v) is 3.46. The Morgan fingerprint density at radius 3 is 2.45 bits per heavy atom. The molecule has 0 aliphatic heterocycles. The molecule has 2 rings (SSSR count). The highest BCUT2D eigenvalue weighted by molar-refractivity contribution is 6.30. The van der Waals surface area contributed by atoms with Crippen LogP contribution in [0, 0.1) is 0 Å². The minimum absolute atomic E-state index is 0.182. The second-order valence-corrected chi connectivity index (χ2v) is 4.95. The summed E-state index contributed by atoms with van der Waals surface area (Å²) in [6, 6.07) is 13.1. The molecule has 0 heterocycles. The molecule has 0 bridgehead atoms. The fourth-order valence-electron chi connectivity index (χ4n) is 2.23. The molecule has 0 aliphatic carbocycles. The first kappa shape index (κ1) is 14.7. The average Bonchev–Trinajstić information content (AvgIpc) is 2.47. The van der Waals surface area contributed by atoms with Crippen molar-refractivity contribution in [3.63, 3.8) is 0 Å². The van der Waals surface area contributed by atoms with Crippen LogP contribution in [0.25, 0.3) is 0 Å². The monoisotopic (exact) mass is 291 g/mol. The molecule has 0 radical (unpaired) electrons. The van der Waals surface area contributed by atoms with Gasteiger partial charge in [-0.05, 0) is 36.2 Å². The quantitative estimate of drug-likeness (QED) is 0.915. The fourth-order valence-corrected chi connectivity index (χ4v) is 2.42. The summed E-state index contributed by atoms with van der Waals surface area (Å²) in [5, 5.41) is 0.674. The van der Waals surface area contributed by atoms with Crippen LogP contribution >= 0.6 is 11.6 Å². The van der Waals surface area contributed by atoms with Crippen molar-refractivity contribution < 1.29 is 9.47 Å². The second kappa shape index (κ2) is 6.64. The van der Waals surface area contributed by atoms with Gasteiger partial charge in [-0.2, -0.15) is 0 Å². The molecule has 0 saturated carbocycles. The molecule has 0 saturated heterocycles. The van der Waals surface area contributed by atoms with Crippen molar-refractivity contribution in [2.75, 3.05) is 14.2 Å². The fraction of sp³-hybridized carbons (Fsp3) is 0.250. The van der Waals surface area contributed by atoms with E-state index in [9.17, 15) is 0 Å². The summed E-state index contributed by atoms with van der Waals surface area (Å²) in [5.74, 6) is 1.58. The normalized spacial score (nSPS) is 12.0. The largest absolute Gasteiger partial charge is 0.496 e. The zero-order valence-corrected chi connectivity index (χ0v) is 12.4. The highest BCUT2D eigenvalue weighted by Crippen LogP contribution is 2.30. The van der Waals surface area contributed by atoms with Crippen molar-refractivity contribution in [2.24, 2.45) is 5.73 Å². The first-order valence-corrected chi connectivity index (χ1v) is 6.74. The van der Waals surface area contributed by atoms with E-state index >= 15 is 0 Å². The molecule has 3 nitrogen and oxygen atoms in total. The van der Waals surface area contributed by atoms with Crippen molar-refractivity contribution in [1.29, 1.82) is 0 Å². The summed E-state index contributed by atoms with van der Waals surface area (Å²) >= 11 is 6.04. The first-order chi connectivity index (χ1) is 9.65. The lowest BCUT2D eigenvalue weighted by molar-refractivity contribution is 0.401. The summed E-state index contributed by atoms with van der Waals surface area (Å²) < 4.78 is 10.7. The lowest BCUT2D eigenvalue weighted by Gasteiger charge is -2.17. The van der Waals surface area contributed by atoms with Gasteiger partial charge < -0.3 is 15.2 Å². The van der Waals surface area contributed by atoms with Gasteiger partial charge in [-0.25, -0.2) is 0 Å². The third kappa shape index (κ3) is 3.24. The Balaban J connectivity index is 2.27. The molecule has 106 valence electrons. The van der Waals surface area contributed by atoms with Gasteiger partial charge in [0.2, 0.25) is 0 Å². The smallest absolute Gasteiger partial charge is 0.123 e. The predicted octanol–water partition coefficient (Wildman–Crippen LogP) is 3.60. The molecule has 0 aliphatic rings. The highest BCUT2D eigenvalue weighted by atomic mass is 35.5. The Morgan fingerprint density at radius 2 is 1.75 bits per heavy atom. The van der Waals surface area contributed by atoms with Crippen LogP contribution in [-0.4, -0.2) is 14.2 Å². The van der Waals surface area contributed by atoms with E-state index in [1.165, 1.54) is 0 Å². The minimum atomic E-state index is -0.182. The molecule has 1 atom stereocenters. The molecule has 4 heteroatoms. The van der Waals surface area contributed by atoms with Gasteiger partial charge in [-0.3, -0.25) is 0 Å². The van der Waals surface area contributed by atoms with E-state index in [2.05, 4.69) is 0 Å². The Morgan fingerprint density at radius 1 is 1.05 bits per heavy atom. The molecule has 0 spiro atoms. The zero-order chi connectivity index (χ0) is 14.5. The number of nitrogens with two attached hydrogens (primary N) is 1. The van der Waals surface area contributed by atoms with E-state index in [1.54, 1.807) is 20.3 Å². The van der Waals surface area contributed by atoms with Crippen LogP contribution in [0.2, 0.25) is 5.02 Å². The molecule has 0 amide bonds. The van der Waals surface area contributed by atoms with E-state index in [0.717, 1.165) is 22.6 Å². The summed E-state index contributed by atoms with van der Waals surface area (Å²) in [6.45, 7) is 0. The van der Waals surface area contributed by atoms with Crippen molar-refractivity contribution in [2.45, 2.75) is 12.5 Å². The van der Waals surface area contributed by atoms with Crippen LogP contribution in [0.1, 0.15) is 17.2 Å². The van der Waals surface area contributed by atoms with Crippen molar-refractivity contribution >= 4 is 11.6 Å². The summed E-state index contributed by atoms with van der Waals surface area (Å²) in [5.41, 5.74) is 8.25. The third-order valence-electron chi connectivity index (χ3n) is 3.22. The molecular weight excluding hydrogens is 274 g/mol. The van der Waals surface area contributed by atoms with Gasteiger partial charge in [0.1, 0.15) is 11.5 Å². The number of ether oxygens (including phenoxy) is 2.